The van der Waals surface area contributed by atoms with Gasteiger partial charge in [-0.05, 0) is 55.4 Å². The van der Waals surface area contributed by atoms with Gasteiger partial charge < -0.3 is 9.47 Å². The van der Waals surface area contributed by atoms with Crippen molar-refractivity contribution in [2.45, 2.75) is 32.6 Å². The number of hydrogen-bond donors (Lipinski definition) is 0. The van der Waals surface area contributed by atoms with Gasteiger partial charge in [0.1, 0.15) is 5.75 Å². The van der Waals surface area contributed by atoms with Crippen LogP contribution in [0.4, 0.5) is 0 Å². The molecule has 0 bridgehead atoms. The second-order valence-corrected chi connectivity index (χ2v) is 4.75. The quantitative estimate of drug-likeness (QED) is 0.769. The number of esters is 1. The molecule has 1 aliphatic carbocycles. The molecule has 1 atom stereocenters. The number of carbonyl (C=O) groups is 1. The van der Waals surface area contributed by atoms with E-state index in [2.05, 4.69) is 12.1 Å². The highest BCUT2D eigenvalue weighted by atomic mass is 16.5. The molecule has 0 amide bonds. The second kappa shape index (κ2) is 5.89. The lowest BCUT2D eigenvalue weighted by Gasteiger charge is -2.24. The summed E-state index contributed by atoms with van der Waals surface area (Å²) in [7, 11) is 1.68. The molecule has 0 heterocycles. The van der Waals surface area contributed by atoms with Crippen LogP contribution in [-0.2, 0) is 22.4 Å². The van der Waals surface area contributed by atoms with E-state index in [1.165, 1.54) is 11.1 Å². The Labute approximate surface area is 108 Å². The third kappa shape index (κ3) is 3.03. The fourth-order valence-electron chi connectivity index (χ4n) is 2.57. The van der Waals surface area contributed by atoms with Gasteiger partial charge in [-0.1, -0.05) is 6.07 Å². The van der Waals surface area contributed by atoms with Gasteiger partial charge in [0, 0.05) is 6.42 Å². The monoisotopic (exact) mass is 248 g/mol. The number of ether oxygens (including phenoxy) is 2. The van der Waals surface area contributed by atoms with E-state index < -0.39 is 0 Å². The number of methoxy groups -OCH3 is 1. The molecule has 0 unspecified atom stereocenters. The molecule has 3 heteroatoms. The van der Waals surface area contributed by atoms with Gasteiger partial charge in [0.15, 0.2) is 0 Å². The molecule has 0 aromatic heterocycles. The number of hydrogen-bond acceptors (Lipinski definition) is 3. The maximum Gasteiger partial charge on any atom is 0.306 e. The average Bonchev–Trinajstić information content (AvgIpc) is 2.38. The minimum atomic E-state index is -0.0751. The van der Waals surface area contributed by atoms with Gasteiger partial charge in [0.2, 0.25) is 0 Å². The summed E-state index contributed by atoms with van der Waals surface area (Å²) in [5.74, 6) is 1.23. The van der Waals surface area contributed by atoms with E-state index in [9.17, 15) is 4.79 Å². The molecule has 18 heavy (non-hydrogen) atoms. The summed E-state index contributed by atoms with van der Waals surface area (Å²) in [4.78, 5) is 11.5. The zero-order valence-corrected chi connectivity index (χ0v) is 11.1. The molecular formula is C15H20O3. The van der Waals surface area contributed by atoms with Crippen molar-refractivity contribution in [1.82, 2.24) is 0 Å². The third-order valence-corrected chi connectivity index (χ3v) is 3.50. The Morgan fingerprint density at radius 1 is 1.39 bits per heavy atom. The van der Waals surface area contributed by atoms with E-state index in [4.69, 9.17) is 9.47 Å². The van der Waals surface area contributed by atoms with E-state index in [1.54, 1.807) is 7.11 Å². The molecule has 98 valence electrons. The maximum absolute atomic E-state index is 11.5. The highest BCUT2D eigenvalue weighted by Crippen LogP contribution is 2.30. The largest absolute Gasteiger partial charge is 0.497 e. The van der Waals surface area contributed by atoms with E-state index in [-0.39, 0.29) is 5.97 Å². The van der Waals surface area contributed by atoms with Gasteiger partial charge in [0.05, 0.1) is 13.7 Å². The number of benzene rings is 1. The fourth-order valence-corrected chi connectivity index (χ4v) is 2.57. The summed E-state index contributed by atoms with van der Waals surface area (Å²) in [6.07, 6.45) is 3.59. The lowest BCUT2D eigenvalue weighted by Crippen LogP contribution is -2.19. The predicted octanol–water partition coefficient (Wildman–Crippen LogP) is 2.75. The van der Waals surface area contributed by atoms with Crippen LogP contribution in [0.15, 0.2) is 18.2 Å². The Morgan fingerprint density at radius 3 is 2.94 bits per heavy atom. The predicted molar refractivity (Wildman–Crippen MR) is 69.8 cm³/mol. The van der Waals surface area contributed by atoms with E-state index in [1.807, 2.05) is 13.0 Å². The average molecular weight is 248 g/mol. The first kappa shape index (κ1) is 12.9. The third-order valence-electron chi connectivity index (χ3n) is 3.50. The lowest BCUT2D eigenvalue weighted by molar-refractivity contribution is -0.144. The molecule has 0 N–H and O–H groups in total. The normalized spacial score (nSPS) is 18.0. The van der Waals surface area contributed by atoms with Gasteiger partial charge in [-0.25, -0.2) is 0 Å². The Bertz CT molecular complexity index is 426. The summed E-state index contributed by atoms with van der Waals surface area (Å²) < 4.78 is 10.3. The van der Waals surface area contributed by atoms with Crippen LogP contribution in [0.1, 0.15) is 30.9 Å². The topological polar surface area (TPSA) is 35.5 Å². The summed E-state index contributed by atoms with van der Waals surface area (Å²) in [6.45, 7) is 2.31. The van der Waals surface area contributed by atoms with E-state index >= 15 is 0 Å². The molecule has 0 spiro atoms. The zero-order chi connectivity index (χ0) is 13.0. The van der Waals surface area contributed by atoms with Crippen LogP contribution in [0, 0.1) is 5.92 Å². The van der Waals surface area contributed by atoms with Crippen molar-refractivity contribution >= 4 is 5.97 Å². The van der Waals surface area contributed by atoms with Gasteiger partial charge >= 0.3 is 5.97 Å². The Balaban J connectivity index is 2.02. The fraction of sp³-hybridized carbons (Fsp3) is 0.533. The maximum atomic E-state index is 11.5. The van der Waals surface area contributed by atoms with Crippen molar-refractivity contribution in [1.29, 1.82) is 0 Å². The first-order chi connectivity index (χ1) is 8.72. The Morgan fingerprint density at radius 2 is 2.22 bits per heavy atom. The van der Waals surface area contributed by atoms with Crippen LogP contribution in [0.2, 0.25) is 0 Å². The molecule has 0 saturated carbocycles. The molecule has 1 aromatic carbocycles. The molecule has 3 nitrogen and oxygen atoms in total. The van der Waals surface area contributed by atoms with Crippen LogP contribution in [0.25, 0.3) is 0 Å². The van der Waals surface area contributed by atoms with Gasteiger partial charge in [-0.3, -0.25) is 4.79 Å². The molecule has 0 fully saturated rings. The number of fused-ring (bicyclic) bond motifs is 1. The lowest BCUT2D eigenvalue weighted by atomic mass is 9.82. The summed E-state index contributed by atoms with van der Waals surface area (Å²) in [5, 5.41) is 0. The van der Waals surface area contributed by atoms with Crippen LogP contribution in [-0.4, -0.2) is 19.7 Å². The smallest absolute Gasteiger partial charge is 0.306 e. The van der Waals surface area contributed by atoms with Crippen molar-refractivity contribution in [3.8, 4) is 5.75 Å². The molecule has 0 radical (unpaired) electrons. The molecule has 0 aliphatic heterocycles. The van der Waals surface area contributed by atoms with Crippen LogP contribution in [0.3, 0.4) is 0 Å². The number of rotatable bonds is 4. The highest BCUT2D eigenvalue weighted by molar-refractivity contribution is 5.69. The number of aryl methyl sites for hydroxylation is 1. The zero-order valence-electron chi connectivity index (χ0n) is 11.1. The van der Waals surface area contributed by atoms with Crippen molar-refractivity contribution in [3.05, 3.63) is 29.3 Å². The minimum absolute atomic E-state index is 0.0751. The van der Waals surface area contributed by atoms with Gasteiger partial charge in [-0.15, -0.1) is 0 Å². The Hall–Kier alpha value is -1.51. The van der Waals surface area contributed by atoms with Crippen LogP contribution >= 0.6 is 0 Å². The highest BCUT2D eigenvalue weighted by Gasteiger charge is 2.21. The van der Waals surface area contributed by atoms with E-state index in [0.717, 1.165) is 25.0 Å². The van der Waals surface area contributed by atoms with Crippen LogP contribution in [0.5, 0.6) is 5.75 Å². The van der Waals surface area contributed by atoms with Crippen LogP contribution < -0.4 is 4.74 Å². The first-order valence-corrected chi connectivity index (χ1v) is 6.54. The van der Waals surface area contributed by atoms with Crippen molar-refractivity contribution in [3.63, 3.8) is 0 Å². The first-order valence-electron chi connectivity index (χ1n) is 6.54. The molecule has 1 aromatic rings. The molecule has 2 rings (SSSR count). The second-order valence-electron chi connectivity index (χ2n) is 4.75. The summed E-state index contributed by atoms with van der Waals surface area (Å²) >= 11 is 0. The van der Waals surface area contributed by atoms with Crippen molar-refractivity contribution < 1.29 is 14.3 Å². The van der Waals surface area contributed by atoms with E-state index in [0.29, 0.717) is 18.9 Å². The summed E-state index contributed by atoms with van der Waals surface area (Å²) in [5.41, 5.74) is 2.70. The standard InChI is InChI=1S/C15H20O3/c1-3-18-15(16)9-11-4-5-12-6-7-14(17-2)10-13(12)8-11/h6-7,10-11H,3-5,8-9H2,1-2H3/t11-/m1/s1. The molecule has 0 saturated heterocycles. The van der Waals surface area contributed by atoms with Gasteiger partial charge in [-0.2, -0.15) is 0 Å². The molecular weight excluding hydrogens is 228 g/mol. The summed E-state index contributed by atoms with van der Waals surface area (Å²) in [6, 6.07) is 6.23. The molecule has 1 aliphatic rings. The minimum Gasteiger partial charge on any atom is -0.497 e. The Kier molecular flexibility index (Phi) is 4.24. The van der Waals surface area contributed by atoms with Gasteiger partial charge in [0.25, 0.3) is 0 Å². The van der Waals surface area contributed by atoms with Crippen molar-refractivity contribution in [2.75, 3.05) is 13.7 Å². The van der Waals surface area contributed by atoms with Crippen molar-refractivity contribution in [2.24, 2.45) is 5.92 Å². The number of carbonyl (C=O) groups excluding carboxylic acids is 1. The SMILES string of the molecule is CCOC(=O)C[C@@H]1CCc2ccc(OC)cc2C1.